The van der Waals surface area contributed by atoms with Gasteiger partial charge >= 0.3 is 0 Å². The van der Waals surface area contributed by atoms with Gasteiger partial charge in [-0.2, -0.15) is 0 Å². The van der Waals surface area contributed by atoms with Gasteiger partial charge < -0.3 is 0 Å². The Bertz CT molecular complexity index is 800. The average Bonchev–Trinajstić information content (AvgIpc) is 2.61. The molecule has 1 saturated heterocycles. The monoisotopic (exact) mass is 289 g/mol. The van der Waals surface area contributed by atoms with Crippen LogP contribution in [0, 0.1) is 5.82 Å². The molecule has 2 aromatic rings. The molecule has 2 heterocycles. The van der Waals surface area contributed by atoms with Gasteiger partial charge in [-0.15, -0.1) is 0 Å². The van der Waals surface area contributed by atoms with Crippen molar-refractivity contribution in [3.05, 3.63) is 40.7 Å². The van der Waals surface area contributed by atoms with E-state index in [-0.39, 0.29) is 17.7 Å². The lowest BCUT2D eigenvalue weighted by atomic mass is 10.1. The Morgan fingerprint density at radius 3 is 2.90 bits per heavy atom. The maximum absolute atomic E-state index is 13.3. The fraction of sp³-hybridized carbons (Fsp3) is 0.286. The van der Waals surface area contributed by atoms with E-state index in [0.717, 1.165) is 10.6 Å². The van der Waals surface area contributed by atoms with E-state index >= 15 is 0 Å². The second-order valence-corrected chi connectivity index (χ2v) is 4.94. The Hall–Kier alpha value is -2.57. The number of nitrogens with zero attached hydrogens (tertiary/aromatic N) is 2. The summed E-state index contributed by atoms with van der Waals surface area (Å²) in [6.07, 6.45) is 2.37. The van der Waals surface area contributed by atoms with Crippen LogP contribution in [0.4, 0.5) is 4.39 Å². The van der Waals surface area contributed by atoms with E-state index in [9.17, 15) is 18.8 Å². The second kappa shape index (κ2) is 5.08. The van der Waals surface area contributed by atoms with Gasteiger partial charge in [-0.3, -0.25) is 24.3 Å². The Labute approximate surface area is 118 Å². The molecule has 1 aliphatic rings. The van der Waals surface area contributed by atoms with Gasteiger partial charge in [0.05, 0.1) is 17.2 Å². The van der Waals surface area contributed by atoms with Crippen molar-refractivity contribution >= 4 is 22.7 Å². The maximum atomic E-state index is 13.3. The smallest absolute Gasteiger partial charge is 0.262 e. The Kier molecular flexibility index (Phi) is 3.25. The van der Waals surface area contributed by atoms with Gasteiger partial charge in [-0.1, -0.05) is 0 Å². The molecule has 0 spiro atoms. The fourth-order valence-electron chi connectivity index (χ4n) is 2.47. The predicted molar refractivity (Wildman–Crippen MR) is 72.0 cm³/mol. The Morgan fingerprint density at radius 1 is 1.29 bits per heavy atom. The largest absolute Gasteiger partial charge is 0.295 e. The van der Waals surface area contributed by atoms with E-state index in [1.54, 1.807) is 0 Å². The number of halogens is 1. The zero-order valence-electron chi connectivity index (χ0n) is 11.0. The number of hydrogen-bond acceptors (Lipinski definition) is 4. The number of fused-ring (bicyclic) bond motifs is 1. The van der Waals surface area contributed by atoms with Gasteiger partial charge in [0.2, 0.25) is 11.8 Å². The molecule has 1 aromatic heterocycles. The minimum atomic E-state index is -0.802. The zero-order valence-corrected chi connectivity index (χ0v) is 11.0. The highest BCUT2D eigenvalue weighted by Crippen LogP contribution is 2.18. The summed E-state index contributed by atoms with van der Waals surface area (Å²) < 4.78 is 14.4. The number of carbonyl (C=O) groups excluding carboxylic acids is 2. The van der Waals surface area contributed by atoms with E-state index in [1.807, 2.05) is 0 Å². The molecular weight excluding hydrogens is 277 g/mol. The van der Waals surface area contributed by atoms with Crippen molar-refractivity contribution in [3.8, 4) is 0 Å². The molecule has 0 saturated carbocycles. The highest BCUT2D eigenvalue weighted by Gasteiger charge is 2.27. The van der Waals surface area contributed by atoms with Crippen LogP contribution in [0.15, 0.2) is 29.3 Å². The third kappa shape index (κ3) is 2.42. The molecule has 6 nitrogen and oxygen atoms in total. The predicted octanol–water partition coefficient (Wildman–Crippen LogP) is 0.903. The number of rotatable bonds is 1. The molecule has 1 aromatic carbocycles. The van der Waals surface area contributed by atoms with Crippen LogP contribution in [-0.4, -0.2) is 21.4 Å². The van der Waals surface area contributed by atoms with Crippen LogP contribution < -0.4 is 10.9 Å². The first-order valence-corrected chi connectivity index (χ1v) is 6.56. The van der Waals surface area contributed by atoms with Gasteiger partial charge in [0.15, 0.2) is 0 Å². The summed E-state index contributed by atoms with van der Waals surface area (Å²) in [6.45, 7) is 0. The van der Waals surface area contributed by atoms with Gasteiger partial charge in [0, 0.05) is 6.42 Å². The van der Waals surface area contributed by atoms with E-state index in [4.69, 9.17) is 0 Å². The number of benzene rings is 1. The lowest BCUT2D eigenvalue weighted by molar-refractivity contribution is -0.131. The summed E-state index contributed by atoms with van der Waals surface area (Å²) in [7, 11) is 0. The molecule has 0 aliphatic carbocycles. The molecule has 2 amide bonds. The minimum absolute atomic E-state index is 0.112. The molecule has 1 fully saturated rings. The fourth-order valence-corrected chi connectivity index (χ4v) is 2.47. The highest BCUT2D eigenvalue weighted by molar-refractivity contribution is 5.97. The van der Waals surface area contributed by atoms with Crippen molar-refractivity contribution in [2.75, 3.05) is 0 Å². The van der Waals surface area contributed by atoms with Crippen molar-refractivity contribution < 1.29 is 14.0 Å². The molecule has 0 bridgehead atoms. The van der Waals surface area contributed by atoms with E-state index in [2.05, 4.69) is 10.3 Å². The van der Waals surface area contributed by atoms with Gasteiger partial charge in [-0.05, 0) is 31.0 Å². The molecule has 1 aliphatic heterocycles. The summed E-state index contributed by atoms with van der Waals surface area (Å²) in [4.78, 5) is 39.8. The molecule has 1 unspecified atom stereocenters. The van der Waals surface area contributed by atoms with Crippen LogP contribution in [0.5, 0.6) is 0 Å². The van der Waals surface area contributed by atoms with Crippen LogP contribution in [-0.2, 0) is 9.59 Å². The molecular formula is C14H12FN3O3. The first kappa shape index (κ1) is 13.4. The minimum Gasteiger partial charge on any atom is -0.295 e. The van der Waals surface area contributed by atoms with E-state index in [0.29, 0.717) is 18.4 Å². The normalized spacial score (nSPS) is 19.4. The van der Waals surface area contributed by atoms with Gasteiger partial charge in [-0.25, -0.2) is 9.37 Å². The number of imide groups is 1. The first-order valence-electron chi connectivity index (χ1n) is 6.56. The highest BCUT2D eigenvalue weighted by atomic mass is 19.1. The summed E-state index contributed by atoms with van der Waals surface area (Å²) in [6, 6.07) is 2.92. The van der Waals surface area contributed by atoms with Crippen LogP contribution in [0.25, 0.3) is 10.9 Å². The van der Waals surface area contributed by atoms with E-state index < -0.39 is 23.3 Å². The maximum Gasteiger partial charge on any atom is 0.262 e. The summed E-state index contributed by atoms with van der Waals surface area (Å²) in [5, 5.41) is 2.35. The summed E-state index contributed by atoms with van der Waals surface area (Å²) in [5.41, 5.74) is -0.128. The Morgan fingerprint density at radius 2 is 2.10 bits per heavy atom. The Balaban J connectivity index is 2.12. The standard InChI is InChI=1S/C14H12FN3O3/c15-8-4-5-10-9(6-8)14(21)18(7-16-10)11-2-1-3-12(19)17-13(11)20/h4-7,11H,1-3H2,(H,17,19,20). The number of nitrogens with one attached hydrogen (secondary N) is 1. The van der Waals surface area contributed by atoms with Crippen molar-refractivity contribution in [1.29, 1.82) is 0 Å². The van der Waals surface area contributed by atoms with Gasteiger partial charge in [0.1, 0.15) is 11.9 Å². The number of aromatic nitrogens is 2. The zero-order chi connectivity index (χ0) is 15.0. The van der Waals surface area contributed by atoms with Crippen molar-refractivity contribution in [1.82, 2.24) is 14.9 Å². The average molecular weight is 289 g/mol. The topological polar surface area (TPSA) is 81.1 Å². The van der Waals surface area contributed by atoms with Crippen molar-refractivity contribution in [2.45, 2.75) is 25.3 Å². The van der Waals surface area contributed by atoms with Crippen molar-refractivity contribution in [2.24, 2.45) is 0 Å². The quantitative estimate of drug-likeness (QED) is 0.791. The second-order valence-electron chi connectivity index (χ2n) is 4.94. The third-order valence-electron chi connectivity index (χ3n) is 3.53. The summed E-state index contributed by atoms with van der Waals surface area (Å²) in [5.74, 6) is -1.42. The molecule has 7 heteroatoms. The lowest BCUT2D eigenvalue weighted by Crippen LogP contribution is -2.38. The molecule has 1 atom stereocenters. The molecule has 0 radical (unpaired) electrons. The molecule has 1 N–H and O–H groups in total. The lowest BCUT2D eigenvalue weighted by Gasteiger charge is -2.15. The van der Waals surface area contributed by atoms with E-state index in [1.165, 1.54) is 18.5 Å². The van der Waals surface area contributed by atoms with Crippen LogP contribution in [0.1, 0.15) is 25.3 Å². The SMILES string of the molecule is O=C1CCCC(n2cnc3ccc(F)cc3c2=O)C(=O)N1. The number of hydrogen-bond donors (Lipinski definition) is 1. The first-order chi connectivity index (χ1) is 10.1. The molecule has 3 rings (SSSR count). The number of carbonyl (C=O) groups is 2. The molecule has 108 valence electrons. The van der Waals surface area contributed by atoms with Crippen LogP contribution >= 0.6 is 0 Å². The van der Waals surface area contributed by atoms with Crippen LogP contribution in [0.2, 0.25) is 0 Å². The van der Waals surface area contributed by atoms with Crippen LogP contribution in [0.3, 0.4) is 0 Å². The summed E-state index contributed by atoms with van der Waals surface area (Å²) >= 11 is 0. The number of amides is 2. The van der Waals surface area contributed by atoms with Gasteiger partial charge in [0.25, 0.3) is 5.56 Å². The third-order valence-corrected chi connectivity index (χ3v) is 3.53. The molecule has 21 heavy (non-hydrogen) atoms. The van der Waals surface area contributed by atoms with Crippen molar-refractivity contribution in [3.63, 3.8) is 0 Å².